The van der Waals surface area contributed by atoms with E-state index < -0.39 is 0 Å². The van der Waals surface area contributed by atoms with Gasteiger partial charge >= 0.3 is 5.97 Å². The molecule has 0 aromatic heterocycles. The minimum Gasteiger partial charge on any atom is -0.469 e. The van der Waals surface area contributed by atoms with E-state index in [0.29, 0.717) is 6.42 Å². The van der Waals surface area contributed by atoms with Gasteiger partial charge in [-0.3, -0.25) is 4.79 Å². The van der Waals surface area contributed by atoms with Gasteiger partial charge in [0, 0.05) is 18.9 Å². The molecule has 1 saturated carbocycles. The molecule has 0 aromatic rings. The van der Waals surface area contributed by atoms with Gasteiger partial charge in [-0.15, -0.1) is 0 Å². The molecule has 5 heteroatoms. The molecule has 1 saturated heterocycles. The summed E-state index contributed by atoms with van der Waals surface area (Å²) in [4.78, 5) is 22.6. The van der Waals surface area contributed by atoms with Crippen molar-refractivity contribution >= 4 is 12.3 Å². The fourth-order valence-corrected chi connectivity index (χ4v) is 3.99. The van der Waals surface area contributed by atoms with Gasteiger partial charge in [-0.25, -0.2) is 0 Å². The lowest BCUT2D eigenvalue weighted by Crippen LogP contribution is -2.42. The van der Waals surface area contributed by atoms with Gasteiger partial charge < -0.3 is 19.0 Å². The molecule has 0 radical (unpaired) electrons. The van der Waals surface area contributed by atoms with Crippen molar-refractivity contribution in [2.24, 2.45) is 5.92 Å². The van der Waals surface area contributed by atoms with Crippen molar-refractivity contribution < 1.29 is 23.8 Å². The largest absolute Gasteiger partial charge is 0.469 e. The van der Waals surface area contributed by atoms with Crippen LogP contribution in [0.4, 0.5) is 0 Å². The van der Waals surface area contributed by atoms with Gasteiger partial charge in [-0.05, 0) is 51.4 Å². The fraction of sp³-hybridized carbons (Fsp3) is 0.895. The minimum atomic E-state index is -0.327. The molecule has 2 rings (SSSR count). The van der Waals surface area contributed by atoms with E-state index in [9.17, 15) is 9.59 Å². The van der Waals surface area contributed by atoms with Crippen molar-refractivity contribution in [3.63, 3.8) is 0 Å². The van der Waals surface area contributed by atoms with Crippen LogP contribution in [0.2, 0.25) is 0 Å². The highest BCUT2D eigenvalue weighted by Gasteiger charge is 2.45. The summed E-state index contributed by atoms with van der Waals surface area (Å²) < 4.78 is 16.8. The van der Waals surface area contributed by atoms with Gasteiger partial charge in [-0.1, -0.05) is 19.3 Å². The van der Waals surface area contributed by atoms with Crippen LogP contribution in [0.25, 0.3) is 0 Å². The van der Waals surface area contributed by atoms with Crippen LogP contribution in [-0.2, 0) is 23.8 Å². The second-order valence-electron chi connectivity index (χ2n) is 7.10. The van der Waals surface area contributed by atoms with E-state index in [2.05, 4.69) is 4.74 Å². The van der Waals surface area contributed by atoms with E-state index in [-0.39, 0.29) is 23.8 Å². The SMILES string of the molecule is COC(=O)CCCCCCC1(OC2CCCCO2)CCCC1C=O. The first kappa shape index (κ1) is 19.4. The maximum atomic E-state index is 11.5. The van der Waals surface area contributed by atoms with Crippen LogP contribution in [0.5, 0.6) is 0 Å². The van der Waals surface area contributed by atoms with Gasteiger partial charge in [0.2, 0.25) is 0 Å². The first-order valence-corrected chi connectivity index (χ1v) is 9.52. The Balaban J connectivity index is 1.78. The molecule has 2 aliphatic rings. The Bertz CT molecular complexity index is 391. The van der Waals surface area contributed by atoms with Crippen LogP contribution in [-0.4, -0.2) is 37.9 Å². The van der Waals surface area contributed by atoms with Crippen molar-refractivity contribution in [1.82, 2.24) is 0 Å². The van der Waals surface area contributed by atoms with Crippen molar-refractivity contribution in [2.75, 3.05) is 13.7 Å². The number of carbonyl (C=O) groups is 2. The van der Waals surface area contributed by atoms with Crippen molar-refractivity contribution in [3.05, 3.63) is 0 Å². The standard InChI is InChI=1S/C19H32O5/c1-22-17(21)10-4-2-3-6-12-19(13-8-9-16(19)15-20)24-18-11-5-7-14-23-18/h15-16,18H,2-14H2,1H3. The predicted molar refractivity (Wildman–Crippen MR) is 90.5 cm³/mol. The molecule has 0 N–H and O–H groups in total. The smallest absolute Gasteiger partial charge is 0.305 e. The number of unbranched alkanes of at least 4 members (excludes halogenated alkanes) is 3. The Morgan fingerprint density at radius 3 is 2.71 bits per heavy atom. The topological polar surface area (TPSA) is 61.8 Å². The van der Waals surface area contributed by atoms with E-state index in [1.165, 1.54) is 7.11 Å². The van der Waals surface area contributed by atoms with Crippen LogP contribution in [0.1, 0.15) is 77.0 Å². The van der Waals surface area contributed by atoms with E-state index in [4.69, 9.17) is 9.47 Å². The highest BCUT2D eigenvalue weighted by molar-refractivity contribution is 5.68. The third kappa shape index (κ3) is 5.55. The molecule has 5 nitrogen and oxygen atoms in total. The van der Waals surface area contributed by atoms with Crippen LogP contribution in [0, 0.1) is 5.92 Å². The van der Waals surface area contributed by atoms with Gasteiger partial charge in [0.25, 0.3) is 0 Å². The Morgan fingerprint density at radius 1 is 1.17 bits per heavy atom. The van der Waals surface area contributed by atoms with Gasteiger partial charge in [0.05, 0.1) is 12.7 Å². The van der Waals surface area contributed by atoms with E-state index in [0.717, 1.165) is 83.5 Å². The average molecular weight is 340 g/mol. The van der Waals surface area contributed by atoms with Crippen molar-refractivity contribution in [2.45, 2.75) is 88.9 Å². The van der Waals surface area contributed by atoms with Gasteiger partial charge in [-0.2, -0.15) is 0 Å². The summed E-state index contributed by atoms with van der Waals surface area (Å²) in [7, 11) is 1.43. The number of hydrogen-bond donors (Lipinski definition) is 0. The number of aldehydes is 1. The highest BCUT2D eigenvalue weighted by atomic mass is 16.7. The molecule has 2 fully saturated rings. The van der Waals surface area contributed by atoms with Crippen LogP contribution >= 0.6 is 0 Å². The summed E-state index contributed by atoms with van der Waals surface area (Å²) in [6.45, 7) is 0.764. The summed E-state index contributed by atoms with van der Waals surface area (Å²) in [5, 5.41) is 0. The number of hydrogen-bond acceptors (Lipinski definition) is 5. The minimum absolute atomic E-state index is 0.00176. The molecule has 0 bridgehead atoms. The van der Waals surface area contributed by atoms with Crippen LogP contribution in [0.15, 0.2) is 0 Å². The van der Waals surface area contributed by atoms with Crippen molar-refractivity contribution in [3.8, 4) is 0 Å². The molecule has 1 aliphatic carbocycles. The number of ether oxygens (including phenoxy) is 3. The molecule has 0 aromatic carbocycles. The highest BCUT2D eigenvalue weighted by Crippen LogP contribution is 2.43. The van der Waals surface area contributed by atoms with E-state index >= 15 is 0 Å². The Morgan fingerprint density at radius 2 is 2.00 bits per heavy atom. The van der Waals surface area contributed by atoms with Gasteiger partial charge in [0.15, 0.2) is 6.29 Å². The lowest BCUT2D eigenvalue weighted by Gasteiger charge is -2.38. The summed E-state index contributed by atoms with van der Waals surface area (Å²) in [5.74, 6) is -0.140. The lowest BCUT2D eigenvalue weighted by atomic mass is 9.86. The number of carbonyl (C=O) groups excluding carboxylic acids is 2. The van der Waals surface area contributed by atoms with E-state index in [1.807, 2.05) is 0 Å². The summed E-state index contributed by atoms with van der Waals surface area (Å²) in [5.41, 5.74) is -0.327. The average Bonchev–Trinajstić information content (AvgIpc) is 3.01. The summed E-state index contributed by atoms with van der Waals surface area (Å²) in [6, 6.07) is 0. The molecule has 24 heavy (non-hydrogen) atoms. The Hall–Kier alpha value is -0.940. The van der Waals surface area contributed by atoms with E-state index in [1.54, 1.807) is 0 Å². The zero-order valence-corrected chi connectivity index (χ0v) is 15.0. The van der Waals surface area contributed by atoms with Crippen LogP contribution < -0.4 is 0 Å². The second-order valence-corrected chi connectivity index (χ2v) is 7.10. The summed E-state index contributed by atoms with van der Waals surface area (Å²) in [6.07, 6.45) is 12.4. The molecule has 1 aliphatic heterocycles. The predicted octanol–water partition coefficient (Wildman–Crippen LogP) is 3.78. The van der Waals surface area contributed by atoms with Crippen LogP contribution in [0.3, 0.4) is 0 Å². The second kappa shape index (κ2) is 10.1. The zero-order chi connectivity index (χ0) is 17.3. The quantitative estimate of drug-likeness (QED) is 0.344. The first-order valence-electron chi connectivity index (χ1n) is 9.52. The maximum Gasteiger partial charge on any atom is 0.305 e. The molecular formula is C19H32O5. The van der Waals surface area contributed by atoms with Crippen molar-refractivity contribution in [1.29, 1.82) is 0 Å². The number of methoxy groups -OCH3 is 1. The maximum absolute atomic E-state index is 11.5. The molecule has 138 valence electrons. The van der Waals surface area contributed by atoms with Gasteiger partial charge in [0.1, 0.15) is 6.29 Å². The molecule has 1 heterocycles. The number of rotatable bonds is 10. The molecule has 0 amide bonds. The molecule has 3 unspecified atom stereocenters. The Kier molecular flexibility index (Phi) is 8.19. The summed E-state index contributed by atoms with van der Waals surface area (Å²) >= 11 is 0. The lowest BCUT2D eigenvalue weighted by molar-refractivity contribution is -0.234. The fourth-order valence-electron chi connectivity index (χ4n) is 3.99. The molecule has 3 atom stereocenters. The third-order valence-electron chi connectivity index (χ3n) is 5.42. The monoisotopic (exact) mass is 340 g/mol. The molecular weight excluding hydrogens is 308 g/mol. The number of esters is 1. The zero-order valence-electron chi connectivity index (χ0n) is 15.0. The normalized spacial score (nSPS) is 30.2. The molecule has 0 spiro atoms. The third-order valence-corrected chi connectivity index (χ3v) is 5.42. The first-order chi connectivity index (χ1) is 11.7. The Labute approximate surface area is 145 Å².